The number of carboxylic acids is 1. The van der Waals surface area contributed by atoms with Crippen molar-refractivity contribution in [2.45, 2.75) is 213 Å². The van der Waals surface area contributed by atoms with Crippen LogP contribution >= 0.6 is 0 Å². The zero-order valence-electron chi connectivity index (χ0n) is 29.7. The molecule has 0 heterocycles. The molecule has 0 aliphatic heterocycles. The molecule has 1 atom stereocenters. The van der Waals surface area contributed by atoms with Gasteiger partial charge in [-0.05, 0) is 57.8 Å². The van der Waals surface area contributed by atoms with Gasteiger partial charge in [0.05, 0.1) is 0 Å². The monoisotopic (exact) mass is 636 g/mol. The van der Waals surface area contributed by atoms with Crippen LogP contribution in [0, 0.1) is 0 Å². The van der Waals surface area contributed by atoms with Crippen molar-refractivity contribution in [2.24, 2.45) is 0 Å². The van der Waals surface area contributed by atoms with E-state index >= 15 is 0 Å². The van der Waals surface area contributed by atoms with Gasteiger partial charge in [-0.25, -0.2) is 0 Å². The van der Waals surface area contributed by atoms with Crippen LogP contribution in [-0.2, 0) is 19.1 Å². The van der Waals surface area contributed by atoms with Gasteiger partial charge in [-0.1, -0.05) is 148 Å². The largest absolute Gasteiger partial charge is 0.480 e. The van der Waals surface area contributed by atoms with Crippen molar-refractivity contribution >= 4 is 17.8 Å². The molecular weight excluding hydrogens is 562 g/mol. The summed E-state index contributed by atoms with van der Waals surface area (Å²) in [5, 5.41) is 11.0. The number of rotatable bonds is 35. The Labute approximate surface area is 278 Å². The second-order valence-electron chi connectivity index (χ2n) is 13.2. The van der Waals surface area contributed by atoms with Crippen molar-refractivity contribution in [3.05, 3.63) is 12.2 Å². The van der Waals surface area contributed by atoms with Crippen LogP contribution in [0.25, 0.3) is 0 Å². The lowest BCUT2D eigenvalue weighted by Crippen LogP contribution is -2.28. The molecule has 0 saturated carbocycles. The molecule has 1 amide bonds. The number of esters is 1. The van der Waals surface area contributed by atoms with E-state index in [1.807, 2.05) is 0 Å². The maximum absolute atomic E-state index is 12.4. The molecule has 0 aromatic carbocycles. The fraction of sp³-hybridized carbons (Fsp3) is 0.872. The number of carboxylic acid groups (broad SMARTS) is 1. The van der Waals surface area contributed by atoms with E-state index in [0.717, 1.165) is 57.8 Å². The molecule has 0 bridgehead atoms. The van der Waals surface area contributed by atoms with Crippen LogP contribution in [0.1, 0.15) is 206 Å². The molecule has 0 radical (unpaired) electrons. The third-order valence-corrected chi connectivity index (χ3v) is 8.69. The standard InChI is InChI=1S/C39H73NO5/c1-3-5-7-8-9-10-11-12-13-14-15-16-17-18-19-20-21-22-23-24-25-26-30-34-39(44)45-36(31-6-4-2)32-28-27-29-33-37(41)40-35-38(42)43/h14-15,36H,3-13,16-35H2,1-2H3,(H,40,41)(H,42,43)/b15-14-. The molecule has 0 aliphatic carbocycles. The third kappa shape index (κ3) is 34.9. The predicted octanol–water partition coefficient (Wildman–Crippen LogP) is 11.4. The minimum absolute atomic E-state index is 0.0284. The number of carbonyl (C=O) groups is 3. The van der Waals surface area contributed by atoms with Gasteiger partial charge in [0.15, 0.2) is 0 Å². The normalized spacial score (nSPS) is 12.0. The summed E-state index contributed by atoms with van der Waals surface area (Å²) < 4.78 is 5.81. The first-order valence-electron chi connectivity index (χ1n) is 19.3. The number of aliphatic carboxylic acids is 1. The van der Waals surface area contributed by atoms with E-state index in [1.54, 1.807) is 0 Å². The fourth-order valence-electron chi connectivity index (χ4n) is 5.79. The Morgan fingerprint density at radius 3 is 1.49 bits per heavy atom. The average molecular weight is 636 g/mol. The van der Waals surface area contributed by atoms with Gasteiger partial charge in [0.1, 0.15) is 12.6 Å². The Bertz CT molecular complexity index is 708. The molecule has 6 nitrogen and oxygen atoms in total. The molecule has 0 rings (SSSR count). The summed E-state index contributed by atoms with van der Waals surface area (Å²) in [7, 11) is 0. The minimum atomic E-state index is -1.03. The number of allylic oxidation sites excluding steroid dienone is 2. The molecule has 0 saturated heterocycles. The second kappa shape index (κ2) is 35.0. The molecule has 0 fully saturated rings. The van der Waals surface area contributed by atoms with Crippen LogP contribution in [0.2, 0.25) is 0 Å². The van der Waals surface area contributed by atoms with E-state index in [0.29, 0.717) is 12.8 Å². The molecule has 45 heavy (non-hydrogen) atoms. The summed E-state index contributed by atoms with van der Waals surface area (Å²) in [5.41, 5.74) is 0. The topological polar surface area (TPSA) is 92.7 Å². The first-order valence-corrected chi connectivity index (χ1v) is 19.3. The van der Waals surface area contributed by atoms with Gasteiger partial charge in [0, 0.05) is 12.8 Å². The molecule has 0 spiro atoms. The summed E-state index contributed by atoms with van der Waals surface area (Å²) >= 11 is 0. The Morgan fingerprint density at radius 2 is 0.978 bits per heavy atom. The Balaban J connectivity index is 3.58. The summed E-state index contributed by atoms with van der Waals surface area (Å²) in [6.45, 7) is 4.10. The van der Waals surface area contributed by atoms with E-state index in [-0.39, 0.29) is 24.5 Å². The predicted molar refractivity (Wildman–Crippen MR) is 190 cm³/mol. The average Bonchev–Trinajstić information content (AvgIpc) is 3.02. The van der Waals surface area contributed by atoms with E-state index in [9.17, 15) is 14.4 Å². The van der Waals surface area contributed by atoms with Gasteiger partial charge in [-0.15, -0.1) is 0 Å². The summed E-state index contributed by atoms with van der Waals surface area (Å²) in [5.74, 6) is -1.32. The van der Waals surface area contributed by atoms with Crippen LogP contribution in [-0.4, -0.2) is 35.6 Å². The number of amides is 1. The molecule has 264 valence electrons. The first kappa shape index (κ1) is 43.1. The number of hydrogen-bond acceptors (Lipinski definition) is 4. The maximum atomic E-state index is 12.4. The van der Waals surface area contributed by atoms with Crippen molar-refractivity contribution in [3.63, 3.8) is 0 Å². The fourth-order valence-corrected chi connectivity index (χ4v) is 5.79. The Morgan fingerprint density at radius 1 is 0.556 bits per heavy atom. The van der Waals surface area contributed by atoms with Gasteiger partial charge in [-0.2, -0.15) is 0 Å². The first-order chi connectivity index (χ1) is 22.0. The number of nitrogens with one attached hydrogen (secondary N) is 1. The van der Waals surface area contributed by atoms with Crippen LogP contribution in [0.3, 0.4) is 0 Å². The van der Waals surface area contributed by atoms with Crippen molar-refractivity contribution in [1.82, 2.24) is 5.32 Å². The Hall–Kier alpha value is -1.85. The van der Waals surface area contributed by atoms with E-state index in [2.05, 4.69) is 31.3 Å². The summed E-state index contributed by atoms with van der Waals surface area (Å²) in [4.78, 5) is 34.5. The van der Waals surface area contributed by atoms with E-state index < -0.39 is 5.97 Å². The molecule has 2 N–H and O–H groups in total. The highest BCUT2D eigenvalue weighted by Gasteiger charge is 2.14. The lowest BCUT2D eigenvalue weighted by Gasteiger charge is -2.18. The number of carbonyl (C=O) groups excluding carboxylic acids is 2. The quantitative estimate of drug-likeness (QED) is 0.0410. The second-order valence-corrected chi connectivity index (χ2v) is 13.2. The number of unbranched alkanes of at least 4 members (excludes halogenated alkanes) is 22. The van der Waals surface area contributed by atoms with Crippen molar-refractivity contribution in [3.8, 4) is 0 Å². The Kier molecular flexibility index (Phi) is 33.6. The van der Waals surface area contributed by atoms with Crippen LogP contribution in [0.15, 0.2) is 12.2 Å². The molecule has 0 aliphatic rings. The lowest BCUT2D eigenvalue weighted by molar-refractivity contribution is -0.150. The van der Waals surface area contributed by atoms with E-state index in [4.69, 9.17) is 9.84 Å². The van der Waals surface area contributed by atoms with Gasteiger partial charge in [0.2, 0.25) is 5.91 Å². The molecule has 1 unspecified atom stereocenters. The van der Waals surface area contributed by atoms with Crippen molar-refractivity contribution < 1.29 is 24.2 Å². The van der Waals surface area contributed by atoms with Crippen LogP contribution in [0.4, 0.5) is 0 Å². The molecule has 6 heteroatoms. The van der Waals surface area contributed by atoms with Crippen molar-refractivity contribution in [1.29, 1.82) is 0 Å². The van der Waals surface area contributed by atoms with Crippen LogP contribution < -0.4 is 5.32 Å². The van der Waals surface area contributed by atoms with Gasteiger partial charge in [0.25, 0.3) is 0 Å². The highest BCUT2D eigenvalue weighted by atomic mass is 16.5. The van der Waals surface area contributed by atoms with Gasteiger partial charge < -0.3 is 15.2 Å². The molecule has 0 aromatic rings. The zero-order valence-corrected chi connectivity index (χ0v) is 29.7. The molecule has 0 aromatic heterocycles. The highest BCUT2D eigenvalue weighted by Crippen LogP contribution is 2.17. The third-order valence-electron chi connectivity index (χ3n) is 8.69. The molecular formula is C39H73NO5. The number of hydrogen-bond donors (Lipinski definition) is 2. The summed E-state index contributed by atoms with van der Waals surface area (Å²) in [6, 6.07) is 0. The highest BCUT2D eigenvalue weighted by molar-refractivity contribution is 5.80. The SMILES string of the molecule is CCCCCCCCCC/C=C\CCCCCCCCCCCCCC(=O)OC(CCCC)CCCCCC(=O)NCC(=O)O. The zero-order chi connectivity index (χ0) is 33.1. The van der Waals surface area contributed by atoms with Gasteiger partial charge in [-0.3, -0.25) is 14.4 Å². The smallest absolute Gasteiger partial charge is 0.322 e. The van der Waals surface area contributed by atoms with Crippen molar-refractivity contribution in [2.75, 3.05) is 6.54 Å². The number of ether oxygens (including phenoxy) is 1. The maximum Gasteiger partial charge on any atom is 0.322 e. The van der Waals surface area contributed by atoms with Gasteiger partial charge >= 0.3 is 11.9 Å². The van der Waals surface area contributed by atoms with E-state index in [1.165, 1.54) is 122 Å². The summed E-state index contributed by atoms with van der Waals surface area (Å²) in [6.07, 6.45) is 39.7. The lowest BCUT2D eigenvalue weighted by atomic mass is 10.0. The minimum Gasteiger partial charge on any atom is -0.480 e. The van der Waals surface area contributed by atoms with Crippen LogP contribution in [0.5, 0.6) is 0 Å².